The first kappa shape index (κ1) is 11.9. The van der Waals surface area contributed by atoms with E-state index in [9.17, 15) is 0 Å². The highest BCUT2D eigenvalue weighted by atomic mass is 14.1. The first-order chi connectivity index (χ1) is 8.31. The van der Waals surface area contributed by atoms with Crippen LogP contribution in [0.25, 0.3) is 5.57 Å². The predicted octanol–water partition coefficient (Wildman–Crippen LogP) is 5.00. The Morgan fingerprint density at radius 3 is 2.53 bits per heavy atom. The van der Waals surface area contributed by atoms with Crippen LogP contribution in [0.2, 0.25) is 0 Å². The van der Waals surface area contributed by atoms with Gasteiger partial charge in [-0.2, -0.15) is 0 Å². The van der Waals surface area contributed by atoms with Gasteiger partial charge in [-0.05, 0) is 35.5 Å². The molecule has 2 rings (SSSR count). The molecule has 0 nitrogen and oxygen atoms in total. The Hall–Kier alpha value is -1.56. The van der Waals surface area contributed by atoms with Gasteiger partial charge < -0.3 is 0 Å². The van der Waals surface area contributed by atoms with Crippen LogP contribution in [-0.4, -0.2) is 0 Å². The standard InChI is InChI=1S/C17H20/c1-3-14(2)15-10-7-11-17(13-12-15)16-8-5-4-6-9-16/h4-6,8-14H,3,7H2,1-2H3. The van der Waals surface area contributed by atoms with Crippen molar-refractivity contribution in [3.8, 4) is 0 Å². The molecule has 0 aromatic heterocycles. The number of hydrogen-bond donors (Lipinski definition) is 0. The van der Waals surface area contributed by atoms with Crippen LogP contribution in [0.4, 0.5) is 0 Å². The summed E-state index contributed by atoms with van der Waals surface area (Å²) in [5, 5.41) is 0. The summed E-state index contributed by atoms with van der Waals surface area (Å²) in [4.78, 5) is 0. The van der Waals surface area contributed by atoms with E-state index in [1.165, 1.54) is 23.1 Å². The third-order valence-electron chi connectivity index (χ3n) is 3.44. The van der Waals surface area contributed by atoms with Crippen LogP contribution in [-0.2, 0) is 0 Å². The molecule has 88 valence electrons. The lowest BCUT2D eigenvalue weighted by atomic mass is 9.97. The summed E-state index contributed by atoms with van der Waals surface area (Å²) >= 11 is 0. The van der Waals surface area contributed by atoms with E-state index in [2.05, 4.69) is 68.5 Å². The van der Waals surface area contributed by atoms with Crippen LogP contribution in [0, 0.1) is 5.92 Å². The fourth-order valence-electron chi connectivity index (χ4n) is 2.09. The maximum atomic E-state index is 2.35. The van der Waals surface area contributed by atoms with Crippen molar-refractivity contribution in [2.45, 2.75) is 26.7 Å². The van der Waals surface area contributed by atoms with Gasteiger partial charge in [-0.25, -0.2) is 0 Å². The first-order valence-electron chi connectivity index (χ1n) is 6.45. The first-order valence-corrected chi connectivity index (χ1v) is 6.45. The number of allylic oxidation sites excluding steroid dienone is 6. The quantitative estimate of drug-likeness (QED) is 0.677. The molecule has 0 heterocycles. The monoisotopic (exact) mass is 224 g/mol. The minimum atomic E-state index is 0.662. The molecule has 0 fully saturated rings. The van der Waals surface area contributed by atoms with Gasteiger partial charge >= 0.3 is 0 Å². The van der Waals surface area contributed by atoms with Crippen molar-refractivity contribution >= 4 is 5.57 Å². The van der Waals surface area contributed by atoms with Gasteiger partial charge in [-0.3, -0.25) is 0 Å². The Labute approximate surface area is 104 Å². The van der Waals surface area contributed by atoms with E-state index >= 15 is 0 Å². The number of benzene rings is 1. The van der Waals surface area contributed by atoms with Crippen molar-refractivity contribution in [3.63, 3.8) is 0 Å². The molecule has 0 bridgehead atoms. The summed E-state index contributed by atoms with van der Waals surface area (Å²) in [7, 11) is 0. The zero-order chi connectivity index (χ0) is 12.1. The molecule has 1 aliphatic rings. The lowest BCUT2D eigenvalue weighted by molar-refractivity contribution is 0.668. The average molecular weight is 224 g/mol. The molecule has 0 amide bonds. The molecule has 17 heavy (non-hydrogen) atoms. The summed E-state index contributed by atoms with van der Waals surface area (Å²) in [6.07, 6.45) is 11.4. The van der Waals surface area contributed by atoms with Gasteiger partial charge in [-0.15, -0.1) is 0 Å². The van der Waals surface area contributed by atoms with Gasteiger partial charge in [0.05, 0.1) is 0 Å². The highest BCUT2D eigenvalue weighted by Gasteiger charge is 2.06. The molecular formula is C17H20. The maximum Gasteiger partial charge on any atom is -0.0154 e. The lowest BCUT2D eigenvalue weighted by Gasteiger charge is -2.08. The minimum Gasteiger partial charge on any atom is -0.0772 e. The van der Waals surface area contributed by atoms with E-state index in [4.69, 9.17) is 0 Å². The second kappa shape index (κ2) is 5.67. The Morgan fingerprint density at radius 1 is 1.06 bits per heavy atom. The third-order valence-corrected chi connectivity index (χ3v) is 3.44. The molecule has 1 aromatic carbocycles. The Balaban J connectivity index is 2.18. The fourth-order valence-corrected chi connectivity index (χ4v) is 2.09. The molecule has 0 radical (unpaired) electrons. The zero-order valence-electron chi connectivity index (χ0n) is 10.7. The molecule has 0 spiro atoms. The fraction of sp³-hybridized carbons (Fsp3) is 0.294. The normalized spacial score (nSPS) is 17.1. The van der Waals surface area contributed by atoms with Gasteiger partial charge in [0, 0.05) is 0 Å². The van der Waals surface area contributed by atoms with Gasteiger partial charge in [-0.1, -0.05) is 68.5 Å². The van der Waals surface area contributed by atoms with Crippen molar-refractivity contribution in [2.75, 3.05) is 0 Å². The Bertz CT molecular complexity index is 446. The van der Waals surface area contributed by atoms with Gasteiger partial charge in [0.1, 0.15) is 0 Å². The van der Waals surface area contributed by atoms with Crippen LogP contribution < -0.4 is 0 Å². The van der Waals surface area contributed by atoms with Crippen molar-refractivity contribution in [2.24, 2.45) is 5.92 Å². The van der Waals surface area contributed by atoms with Crippen LogP contribution in [0.3, 0.4) is 0 Å². The average Bonchev–Trinajstić information content (AvgIpc) is 2.64. The highest BCUT2D eigenvalue weighted by Crippen LogP contribution is 2.24. The van der Waals surface area contributed by atoms with Crippen molar-refractivity contribution < 1.29 is 0 Å². The van der Waals surface area contributed by atoms with E-state index in [1.807, 2.05) is 0 Å². The van der Waals surface area contributed by atoms with Crippen LogP contribution in [0.15, 0.2) is 60.2 Å². The number of rotatable bonds is 3. The van der Waals surface area contributed by atoms with Crippen molar-refractivity contribution in [1.29, 1.82) is 0 Å². The van der Waals surface area contributed by atoms with E-state index in [0.29, 0.717) is 5.92 Å². The lowest BCUT2D eigenvalue weighted by Crippen LogP contribution is -1.94. The smallest absolute Gasteiger partial charge is 0.0154 e. The Kier molecular flexibility index (Phi) is 3.98. The summed E-state index contributed by atoms with van der Waals surface area (Å²) in [6.45, 7) is 4.54. The highest BCUT2D eigenvalue weighted by molar-refractivity contribution is 5.75. The van der Waals surface area contributed by atoms with E-state index in [-0.39, 0.29) is 0 Å². The molecule has 0 heteroatoms. The molecule has 1 aliphatic carbocycles. The van der Waals surface area contributed by atoms with Crippen LogP contribution in [0.1, 0.15) is 32.3 Å². The minimum absolute atomic E-state index is 0.662. The van der Waals surface area contributed by atoms with Gasteiger partial charge in [0.25, 0.3) is 0 Å². The molecule has 0 saturated heterocycles. The summed E-state index contributed by atoms with van der Waals surface area (Å²) < 4.78 is 0. The summed E-state index contributed by atoms with van der Waals surface area (Å²) in [6, 6.07) is 10.6. The van der Waals surface area contributed by atoms with Gasteiger partial charge in [0.2, 0.25) is 0 Å². The molecule has 1 aromatic rings. The van der Waals surface area contributed by atoms with Gasteiger partial charge in [0.15, 0.2) is 0 Å². The molecule has 1 atom stereocenters. The van der Waals surface area contributed by atoms with E-state index in [0.717, 1.165) is 6.42 Å². The topological polar surface area (TPSA) is 0 Å². The SMILES string of the molecule is CCC(C)C1=CCC=C(c2ccccc2)C=C1. The molecule has 0 saturated carbocycles. The van der Waals surface area contributed by atoms with Crippen LogP contribution in [0.5, 0.6) is 0 Å². The maximum absolute atomic E-state index is 2.35. The van der Waals surface area contributed by atoms with Crippen molar-refractivity contribution in [3.05, 3.63) is 65.8 Å². The summed E-state index contributed by atoms with van der Waals surface area (Å²) in [5.41, 5.74) is 4.11. The molecule has 1 unspecified atom stereocenters. The molecular weight excluding hydrogens is 204 g/mol. The predicted molar refractivity (Wildman–Crippen MR) is 75.7 cm³/mol. The second-order valence-electron chi connectivity index (χ2n) is 4.61. The summed E-state index contributed by atoms with van der Waals surface area (Å²) in [5.74, 6) is 0.662. The van der Waals surface area contributed by atoms with Crippen molar-refractivity contribution in [1.82, 2.24) is 0 Å². The van der Waals surface area contributed by atoms with Crippen LogP contribution >= 0.6 is 0 Å². The molecule has 0 N–H and O–H groups in total. The third kappa shape index (κ3) is 2.97. The molecule has 0 aliphatic heterocycles. The number of hydrogen-bond acceptors (Lipinski definition) is 0. The second-order valence-corrected chi connectivity index (χ2v) is 4.61. The van der Waals surface area contributed by atoms with E-state index in [1.54, 1.807) is 0 Å². The largest absolute Gasteiger partial charge is 0.0772 e. The Morgan fingerprint density at radius 2 is 1.82 bits per heavy atom. The van der Waals surface area contributed by atoms with E-state index < -0.39 is 0 Å². The zero-order valence-corrected chi connectivity index (χ0v) is 10.7.